The predicted molar refractivity (Wildman–Crippen MR) is 131 cm³/mol. The summed E-state index contributed by atoms with van der Waals surface area (Å²) in [5, 5.41) is 11.7. The van der Waals surface area contributed by atoms with Crippen molar-refractivity contribution < 1.29 is 22.3 Å². The summed E-state index contributed by atoms with van der Waals surface area (Å²) in [5.41, 5.74) is 1.60. The number of nitro groups is 1. The monoisotopic (exact) mass is 498 g/mol. The Morgan fingerprint density at radius 1 is 1.14 bits per heavy atom. The average molecular weight is 499 g/mol. The number of non-ortho nitro benzene ring substituents is 1. The number of hydrogen-bond donors (Lipinski definition) is 0. The second-order valence-corrected chi connectivity index (χ2v) is 10.1. The molecule has 0 aliphatic carbocycles. The van der Waals surface area contributed by atoms with Gasteiger partial charge in [0.2, 0.25) is 6.41 Å². The number of fused-ring (bicyclic) bond motifs is 1. The van der Waals surface area contributed by atoms with Crippen LogP contribution in [0.5, 0.6) is 0 Å². The molecule has 0 saturated carbocycles. The van der Waals surface area contributed by atoms with Gasteiger partial charge in [0.15, 0.2) is 0 Å². The van der Waals surface area contributed by atoms with E-state index in [9.17, 15) is 23.3 Å². The van der Waals surface area contributed by atoms with Crippen molar-refractivity contribution in [3.63, 3.8) is 0 Å². The molecule has 1 atom stereocenters. The van der Waals surface area contributed by atoms with Crippen LogP contribution >= 0.6 is 0 Å². The van der Waals surface area contributed by atoms with Gasteiger partial charge in [0.1, 0.15) is 5.82 Å². The summed E-state index contributed by atoms with van der Waals surface area (Å²) < 4.78 is 30.1. The number of anilines is 1. The van der Waals surface area contributed by atoms with Crippen LogP contribution in [0.4, 0.5) is 11.5 Å². The van der Waals surface area contributed by atoms with E-state index in [2.05, 4.69) is 9.88 Å². The Hall–Kier alpha value is -3.57. The Morgan fingerprint density at radius 3 is 2.63 bits per heavy atom. The molecule has 0 spiro atoms. The van der Waals surface area contributed by atoms with Gasteiger partial charge in [-0.2, -0.15) is 8.42 Å². The van der Waals surface area contributed by atoms with Gasteiger partial charge in [-0.25, -0.2) is 4.98 Å². The molecule has 3 aromatic rings. The lowest BCUT2D eigenvalue weighted by Crippen LogP contribution is -2.53. The molecule has 1 aliphatic rings. The number of rotatable bonds is 9. The van der Waals surface area contributed by atoms with Crippen molar-refractivity contribution in [1.29, 1.82) is 0 Å². The molecule has 2 aromatic carbocycles. The maximum absolute atomic E-state index is 12.4. The number of aryl methyl sites for hydroxylation is 1. The number of carbonyl (C=O) groups is 1. The fourth-order valence-corrected chi connectivity index (χ4v) is 5.10. The summed E-state index contributed by atoms with van der Waals surface area (Å²) in [6.07, 6.45) is 1.88. The van der Waals surface area contributed by atoms with E-state index in [0.717, 1.165) is 12.0 Å². The summed E-state index contributed by atoms with van der Waals surface area (Å²) in [6, 6.07) is 14.5. The van der Waals surface area contributed by atoms with Crippen molar-refractivity contribution in [2.45, 2.75) is 30.7 Å². The van der Waals surface area contributed by atoms with Gasteiger partial charge in [-0.3, -0.25) is 19.1 Å². The molecule has 0 bridgehead atoms. The largest absolute Gasteiger partial charge is 0.350 e. The molecule has 184 valence electrons. The topological polar surface area (TPSA) is 123 Å². The van der Waals surface area contributed by atoms with Gasteiger partial charge >= 0.3 is 0 Å². The van der Waals surface area contributed by atoms with E-state index in [-0.39, 0.29) is 23.2 Å². The predicted octanol–water partition coefficient (Wildman–Crippen LogP) is 3.28. The molecule has 1 amide bonds. The highest BCUT2D eigenvalue weighted by Gasteiger charge is 2.27. The number of pyridine rings is 1. The minimum absolute atomic E-state index is 0.00473. The Kier molecular flexibility index (Phi) is 7.27. The Bertz CT molecular complexity index is 1330. The molecule has 10 nitrogen and oxygen atoms in total. The van der Waals surface area contributed by atoms with Crippen LogP contribution < -0.4 is 4.90 Å². The molecular weight excluding hydrogens is 472 g/mol. The molecular formula is C24H26N4O6S. The SMILES string of the molecule is Cc1ccc(S(=O)(=O)OCCCC2CN(C=O)CCN2c2ccc3cc([N+](=O)[O-])ccc3n2)cc1. The Balaban J connectivity index is 1.44. The third kappa shape index (κ3) is 5.75. The molecule has 11 heteroatoms. The third-order valence-electron chi connectivity index (χ3n) is 6.06. The van der Waals surface area contributed by atoms with Crippen LogP contribution in [0.15, 0.2) is 59.5 Å². The molecule has 1 fully saturated rings. The second kappa shape index (κ2) is 10.4. The molecule has 1 aromatic heterocycles. The smallest absolute Gasteiger partial charge is 0.296 e. The maximum Gasteiger partial charge on any atom is 0.296 e. The summed E-state index contributed by atoms with van der Waals surface area (Å²) in [4.78, 5) is 30.6. The first-order valence-corrected chi connectivity index (χ1v) is 12.6. The van der Waals surface area contributed by atoms with Crippen LogP contribution in [0.2, 0.25) is 0 Å². The number of hydrogen-bond acceptors (Lipinski definition) is 8. The Morgan fingerprint density at radius 2 is 1.91 bits per heavy atom. The Labute approximate surface area is 203 Å². The number of nitro benzene ring substituents is 1. The van der Waals surface area contributed by atoms with Gasteiger partial charge in [-0.05, 0) is 50.1 Å². The van der Waals surface area contributed by atoms with Crippen LogP contribution in [-0.2, 0) is 19.1 Å². The lowest BCUT2D eigenvalue weighted by atomic mass is 10.1. The van der Waals surface area contributed by atoms with E-state index in [4.69, 9.17) is 4.18 Å². The summed E-state index contributed by atoms with van der Waals surface area (Å²) in [5.74, 6) is 0.704. The molecule has 4 rings (SSSR count). The fourth-order valence-electron chi connectivity index (χ4n) is 4.16. The summed E-state index contributed by atoms with van der Waals surface area (Å²) >= 11 is 0. The lowest BCUT2D eigenvalue weighted by molar-refractivity contribution is -0.384. The molecule has 35 heavy (non-hydrogen) atoms. The van der Waals surface area contributed by atoms with Crippen molar-refractivity contribution in [1.82, 2.24) is 9.88 Å². The highest BCUT2D eigenvalue weighted by atomic mass is 32.2. The summed E-state index contributed by atoms with van der Waals surface area (Å²) in [7, 11) is -3.84. The van der Waals surface area contributed by atoms with E-state index in [0.29, 0.717) is 49.2 Å². The minimum atomic E-state index is -3.84. The van der Waals surface area contributed by atoms with Crippen molar-refractivity contribution in [3.8, 4) is 0 Å². The number of amides is 1. The van der Waals surface area contributed by atoms with E-state index in [1.165, 1.54) is 24.3 Å². The van der Waals surface area contributed by atoms with Gasteiger partial charge in [-0.1, -0.05) is 17.7 Å². The molecule has 2 heterocycles. The second-order valence-electron chi connectivity index (χ2n) is 8.48. The number of benzene rings is 2. The number of nitrogens with zero attached hydrogens (tertiary/aromatic N) is 4. The summed E-state index contributed by atoms with van der Waals surface area (Å²) in [6.45, 7) is 3.49. The van der Waals surface area contributed by atoms with Crippen molar-refractivity contribution in [2.24, 2.45) is 0 Å². The van der Waals surface area contributed by atoms with Crippen LogP contribution in [0.1, 0.15) is 18.4 Å². The van der Waals surface area contributed by atoms with Crippen LogP contribution in [-0.4, -0.2) is 61.9 Å². The molecule has 1 aliphatic heterocycles. The number of piperazine rings is 1. The highest BCUT2D eigenvalue weighted by Crippen LogP contribution is 2.26. The van der Waals surface area contributed by atoms with Crippen LogP contribution in [0.25, 0.3) is 10.9 Å². The normalized spacial score (nSPS) is 16.4. The van der Waals surface area contributed by atoms with Gasteiger partial charge in [-0.15, -0.1) is 0 Å². The van der Waals surface area contributed by atoms with Crippen LogP contribution in [0, 0.1) is 17.0 Å². The highest BCUT2D eigenvalue weighted by molar-refractivity contribution is 7.86. The van der Waals surface area contributed by atoms with E-state index >= 15 is 0 Å². The molecule has 1 saturated heterocycles. The fraction of sp³-hybridized carbons (Fsp3) is 0.333. The number of aromatic nitrogens is 1. The van der Waals surface area contributed by atoms with Crippen molar-refractivity contribution >= 4 is 38.9 Å². The third-order valence-corrected chi connectivity index (χ3v) is 7.38. The van der Waals surface area contributed by atoms with E-state index in [1.54, 1.807) is 29.2 Å². The standard InChI is InChI=1S/C24H26N4O6S/c1-18-4-8-22(9-5-18)35(32,33)34-14-2-3-21-16-26(17-29)12-13-27(21)24-11-6-19-15-20(28(30)31)7-10-23(19)25-24/h4-11,15,17,21H,2-3,12-14,16H2,1H3. The van der Waals surface area contributed by atoms with E-state index in [1.807, 2.05) is 13.0 Å². The minimum Gasteiger partial charge on any atom is -0.350 e. The molecule has 0 N–H and O–H groups in total. The maximum atomic E-state index is 12.4. The quantitative estimate of drug-likeness (QED) is 0.145. The first-order chi connectivity index (χ1) is 16.8. The van der Waals surface area contributed by atoms with Gasteiger partial charge < -0.3 is 9.80 Å². The zero-order valence-electron chi connectivity index (χ0n) is 19.2. The van der Waals surface area contributed by atoms with Gasteiger partial charge in [0.05, 0.1) is 21.9 Å². The zero-order valence-corrected chi connectivity index (χ0v) is 20.1. The van der Waals surface area contributed by atoms with Crippen molar-refractivity contribution in [3.05, 3.63) is 70.3 Å². The zero-order chi connectivity index (χ0) is 25.0. The first-order valence-electron chi connectivity index (χ1n) is 11.2. The molecule has 0 radical (unpaired) electrons. The average Bonchev–Trinajstić information content (AvgIpc) is 2.86. The van der Waals surface area contributed by atoms with Gasteiger partial charge in [0, 0.05) is 43.2 Å². The lowest BCUT2D eigenvalue weighted by Gasteiger charge is -2.41. The van der Waals surface area contributed by atoms with Gasteiger partial charge in [0.25, 0.3) is 15.8 Å². The molecule has 1 unspecified atom stereocenters. The van der Waals surface area contributed by atoms with E-state index < -0.39 is 15.0 Å². The number of carbonyl (C=O) groups excluding carboxylic acids is 1. The first kappa shape index (κ1) is 24.6. The van der Waals surface area contributed by atoms with Crippen LogP contribution in [0.3, 0.4) is 0 Å². The van der Waals surface area contributed by atoms with Crippen molar-refractivity contribution in [2.75, 3.05) is 31.1 Å².